The standard InChI is InChI=1S/C6H4BrS/c7-5-3-1-2-4-6(5)8/h1,3-5H. The van der Waals surface area contributed by atoms with Gasteiger partial charge in [0, 0.05) is 4.86 Å². The Bertz CT molecular complexity index is 158. The summed E-state index contributed by atoms with van der Waals surface area (Å²) >= 11 is 8.27. The van der Waals surface area contributed by atoms with E-state index in [0.29, 0.717) is 0 Å². The Labute approximate surface area is 62.4 Å². The van der Waals surface area contributed by atoms with Crippen molar-refractivity contribution in [3.05, 3.63) is 24.3 Å². The van der Waals surface area contributed by atoms with Gasteiger partial charge in [-0.2, -0.15) is 0 Å². The third-order valence-electron chi connectivity index (χ3n) is 0.859. The molecule has 1 aliphatic carbocycles. The predicted octanol–water partition coefficient (Wildman–Crippen LogP) is 2.05. The molecule has 0 spiro atoms. The molecule has 0 N–H and O–H groups in total. The number of rotatable bonds is 0. The van der Waals surface area contributed by atoms with Crippen molar-refractivity contribution in [1.29, 1.82) is 0 Å². The van der Waals surface area contributed by atoms with E-state index >= 15 is 0 Å². The van der Waals surface area contributed by atoms with E-state index in [1.165, 1.54) is 0 Å². The first-order valence-corrected chi connectivity index (χ1v) is 3.57. The summed E-state index contributed by atoms with van der Waals surface area (Å²) in [6.07, 6.45) is 8.51. The lowest BCUT2D eigenvalue weighted by Crippen LogP contribution is -2.06. The van der Waals surface area contributed by atoms with Crippen LogP contribution in [0.5, 0.6) is 0 Å². The van der Waals surface area contributed by atoms with Gasteiger partial charge >= 0.3 is 0 Å². The number of thiocarbonyl (C=S) groups is 1. The highest BCUT2D eigenvalue weighted by Gasteiger charge is 2.04. The van der Waals surface area contributed by atoms with Crippen LogP contribution in [-0.2, 0) is 0 Å². The average molecular weight is 188 g/mol. The number of halogens is 1. The zero-order valence-corrected chi connectivity index (χ0v) is 6.50. The highest BCUT2D eigenvalue weighted by Crippen LogP contribution is 2.09. The van der Waals surface area contributed by atoms with Gasteiger partial charge in [-0.3, -0.25) is 0 Å². The van der Waals surface area contributed by atoms with Crippen molar-refractivity contribution in [3.63, 3.8) is 0 Å². The summed E-state index contributed by atoms with van der Waals surface area (Å²) in [7, 11) is 0. The number of alkyl halides is 1. The van der Waals surface area contributed by atoms with E-state index in [1.807, 2.05) is 12.2 Å². The summed E-state index contributed by atoms with van der Waals surface area (Å²) in [5.41, 5.74) is 0. The Balaban J connectivity index is 2.74. The number of hydrogen-bond acceptors (Lipinski definition) is 1. The SMILES string of the molecule is S=C1C=[C]C=CC1Br. The monoisotopic (exact) mass is 187 g/mol. The third-order valence-corrected chi connectivity index (χ3v) is 2.33. The summed E-state index contributed by atoms with van der Waals surface area (Å²) in [4.78, 5) is 1.14. The van der Waals surface area contributed by atoms with Crippen molar-refractivity contribution in [3.8, 4) is 0 Å². The van der Waals surface area contributed by atoms with Gasteiger partial charge in [0.1, 0.15) is 0 Å². The first-order valence-electron chi connectivity index (χ1n) is 2.24. The van der Waals surface area contributed by atoms with Crippen LogP contribution in [0, 0.1) is 6.08 Å². The van der Waals surface area contributed by atoms with E-state index in [1.54, 1.807) is 6.08 Å². The molecule has 0 aromatic heterocycles. The zero-order valence-electron chi connectivity index (χ0n) is 4.10. The van der Waals surface area contributed by atoms with Gasteiger partial charge in [-0.25, -0.2) is 0 Å². The summed E-state index contributed by atoms with van der Waals surface area (Å²) in [5.74, 6) is 0. The van der Waals surface area contributed by atoms with Gasteiger partial charge in [-0.05, 0) is 12.2 Å². The minimum absolute atomic E-state index is 0.249. The largest absolute Gasteiger partial charge is 0.0833 e. The minimum Gasteiger partial charge on any atom is -0.0833 e. The van der Waals surface area contributed by atoms with Gasteiger partial charge < -0.3 is 0 Å². The van der Waals surface area contributed by atoms with Crippen molar-refractivity contribution in [2.75, 3.05) is 0 Å². The molecule has 0 fully saturated rings. The van der Waals surface area contributed by atoms with Crippen LogP contribution in [0.2, 0.25) is 0 Å². The second-order valence-electron chi connectivity index (χ2n) is 1.47. The fraction of sp³-hybridized carbons (Fsp3) is 0.167. The maximum Gasteiger partial charge on any atom is 0.0680 e. The van der Waals surface area contributed by atoms with Crippen LogP contribution in [0.4, 0.5) is 0 Å². The van der Waals surface area contributed by atoms with Gasteiger partial charge in [0.2, 0.25) is 0 Å². The van der Waals surface area contributed by atoms with E-state index < -0.39 is 0 Å². The predicted molar refractivity (Wildman–Crippen MR) is 42.3 cm³/mol. The summed E-state index contributed by atoms with van der Waals surface area (Å²) in [6, 6.07) is 0. The van der Waals surface area contributed by atoms with E-state index in [2.05, 4.69) is 22.0 Å². The van der Waals surface area contributed by atoms with Gasteiger partial charge in [-0.15, -0.1) is 0 Å². The van der Waals surface area contributed by atoms with Gasteiger partial charge in [0.05, 0.1) is 4.83 Å². The maximum atomic E-state index is 4.91. The van der Waals surface area contributed by atoms with Crippen LogP contribution in [0.3, 0.4) is 0 Å². The first kappa shape index (κ1) is 6.17. The lowest BCUT2D eigenvalue weighted by atomic mass is 10.2. The molecule has 1 rings (SSSR count). The van der Waals surface area contributed by atoms with Crippen LogP contribution >= 0.6 is 28.1 Å². The molecule has 1 atom stereocenters. The van der Waals surface area contributed by atoms with Crippen molar-refractivity contribution >= 4 is 33.0 Å². The second-order valence-corrected chi connectivity index (χ2v) is 2.93. The lowest BCUT2D eigenvalue weighted by molar-refractivity contribution is 1.54. The number of allylic oxidation sites excluding steroid dienone is 4. The van der Waals surface area contributed by atoms with E-state index in [9.17, 15) is 0 Å². The third kappa shape index (κ3) is 1.26. The Morgan fingerprint density at radius 2 is 2.50 bits per heavy atom. The smallest absolute Gasteiger partial charge is 0.0680 e. The molecule has 0 aromatic rings. The molecule has 0 saturated heterocycles. The zero-order chi connectivity index (χ0) is 5.98. The van der Waals surface area contributed by atoms with Gasteiger partial charge in [0.15, 0.2) is 0 Å². The molecule has 8 heavy (non-hydrogen) atoms. The van der Waals surface area contributed by atoms with Crippen LogP contribution in [0.1, 0.15) is 0 Å². The van der Waals surface area contributed by atoms with Crippen molar-refractivity contribution in [2.24, 2.45) is 0 Å². The molecule has 1 radical (unpaired) electrons. The molecule has 0 bridgehead atoms. The Morgan fingerprint density at radius 1 is 1.75 bits per heavy atom. The second kappa shape index (κ2) is 2.55. The molecule has 1 aliphatic rings. The first-order chi connectivity index (χ1) is 3.80. The lowest BCUT2D eigenvalue weighted by Gasteiger charge is -2.02. The van der Waals surface area contributed by atoms with Crippen LogP contribution in [0.15, 0.2) is 18.2 Å². The molecule has 1 unspecified atom stereocenters. The molecular formula is C6H4BrS. The molecular weight excluding hydrogens is 184 g/mol. The van der Waals surface area contributed by atoms with Crippen molar-refractivity contribution in [1.82, 2.24) is 0 Å². The van der Waals surface area contributed by atoms with Crippen molar-refractivity contribution < 1.29 is 0 Å². The maximum absolute atomic E-state index is 4.91. The van der Waals surface area contributed by atoms with Gasteiger partial charge in [-0.1, -0.05) is 40.3 Å². The van der Waals surface area contributed by atoms with E-state index in [0.717, 1.165) is 4.86 Å². The molecule has 0 heterocycles. The molecule has 0 aliphatic heterocycles. The molecule has 0 saturated carbocycles. The molecule has 0 aromatic carbocycles. The summed E-state index contributed by atoms with van der Waals surface area (Å²) < 4.78 is 0. The van der Waals surface area contributed by atoms with Crippen molar-refractivity contribution in [2.45, 2.75) is 4.83 Å². The molecule has 2 heteroatoms. The Morgan fingerprint density at radius 3 is 2.88 bits per heavy atom. The number of hydrogen-bond donors (Lipinski definition) is 0. The average Bonchev–Trinajstić information content (AvgIpc) is 1.77. The fourth-order valence-corrected chi connectivity index (χ4v) is 0.876. The minimum atomic E-state index is 0.249. The Hall–Kier alpha value is 0.0500. The van der Waals surface area contributed by atoms with E-state index in [4.69, 9.17) is 12.2 Å². The van der Waals surface area contributed by atoms with Crippen LogP contribution in [0.25, 0.3) is 0 Å². The van der Waals surface area contributed by atoms with Crippen LogP contribution < -0.4 is 0 Å². The molecule has 41 valence electrons. The highest BCUT2D eigenvalue weighted by molar-refractivity contribution is 9.10. The fourth-order valence-electron chi connectivity index (χ4n) is 0.445. The highest BCUT2D eigenvalue weighted by atomic mass is 79.9. The van der Waals surface area contributed by atoms with Crippen LogP contribution in [-0.4, -0.2) is 9.69 Å². The normalized spacial score (nSPS) is 26.6. The molecule has 0 amide bonds. The molecule has 0 nitrogen and oxygen atoms in total. The van der Waals surface area contributed by atoms with Gasteiger partial charge in [0.25, 0.3) is 0 Å². The van der Waals surface area contributed by atoms with E-state index in [-0.39, 0.29) is 4.83 Å². The Kier molecular flexibility index (Phi) is 1.97. The topological polar surface area (TPSA) is 0 Å². The summed E-state index contributed by atoms with van der Waals surface area (Å²) in [5, 5.41) is 0. The quantitative estimate of drug-likeness (QED) is 0.414. The summed E-state index contributed by atoms with van der Waals surface area (Å²) in [6.45, 7) is 0.